The van der Waals surface area contributed by atoms with Crippen molar-refractivity contribution in [2.24, 2.45) is 0 Å². The lowest BCUT2D eigenvalue weighted by molar-refractivity contribution is 0.0695. The van der Waals surface area contributed by atoms with Gasteiger partial charge in [-0.05, 0) is 52.3 Å². The third-order valence-corrected chi connectivity index (χ3v) is 3.38. The molecule has 2 rings (SSSR count). The Hall–Kier alpha value is -2.54. The number of hydrogen-bond donors (Lipinski definition) is 4. The van der Waals surface area contributed by atoms with Crippen LogP contribution in [0.15, 0.2) is 40.9 Å². The lowest BCUT2D eigenvalue weighted by Gasteiger charge is -2.08. The number of halogens is 1. The molecule has 0 heterocycles. The Balaban J connectivity index is 2.25. The highest BCUT2D eigenvalue weighted by molar-refractivity contribution is 9.10. The summed E-state index contributed by atoms with van der Waals surface area (Å²) in [7, 11) is 0. The molecule has 0 saturated heterocycles. The van der Waals surface area contributed by atoms with Gasteiger partial charge >= 0.3 is 5.97 Å². The van der Waals surface area contributed by atoms with E-state index in [1.165, 1.54) is 30.3 Å². The molecule has 6 nitrogen and oxygen atoms in total. The fraction of sp³-hybridized carbons (Fsp3) is 0. The summed E-state index contributed by atoms with van der Waals surface area (Å²) in [6, 6.07) is 7.99. The standard InChI is InChI=1S/C14H10BrNO5/c15-10-3-2-8(6-9(10)14(20)21)16-13(19)7-1-4-11(17)12(18)5-7/h1-6,17-18H,(H,16,19)(H,20,21). The van der Waals surface area contributed by atoms with E-state index in [1.807, 2.05) is 0 Å². The first kappa shape index (κ1) is 14.9. The number of carboxylic acids is 1. The zero-order valence-electron chi connectivity index (χ0n) is 10.5. The summed E-state index contributed by atoms with van der Waals surface area (Å²) in [6.45, 7) is 0. The molecule has 0 aliphatic rings. The third-order valence-electron chi connectivity index (χ3n) is 2.69. The summed E-state index contributed by atoms with van der Waals surface area (Å²) in [5.74, 6) is -2.41. The molecule has 0 aliphatic carbocycles. The van der Waals surface area contributed by atoms with Crippen molar-refractivity contribution in [1.82, 2.24) is 0 Å². The van der Waals surface area contributed by atoms with Gasteiger partial charge in [-0.2, -0.15) is 0 Å². The van der Waals surface area contributed by atoms with E-state index in [9.17, 15) is 19.8 Å². The second kappa shape index (κ2) is 5.84. The number of carboxylic acid groups (broad SMARTS) is 1. The number of phenols is 2. The number of nitrogens with one attached hydrogen (secondary N) is 1. The molecule has 0 atom stereocenters. The largest absolute Gasteiger partial charge is 0.504 e. The first-order valence-electron chi connectivity index (χ1n) is 5.74. The summed E-state index contributed by atoms with van der Waals surface area (Å²) in [6.07, 6.45) is 0. The lowest BCUT2D eigenvalue weighted by Crippen LogP contribution is -2.12. The van der Waals surface area contributed by atoms with Crippen molar-refractivity contribution in [3.8, 4) is 11.5 Å². The zero-order chi connectivity index (χ0) is 15.6. The molecule has 4 N–H and O–H groups in total. The Bertz CT molecular complexity index is 729. The average Bonchev–Trinajstić information content (AvgIpc) is 2.43. The molecular formula is C14H10BrNO5. The van der Waals surface area contributed by atoms with Crippen molar-refractivity contribution in [2.75, 3.05) is 5.32 Å². The molecule has 2 aromatic carbocycles. The molecule has 2 aromatic rings. The summed E-state index contributed by atoms with van der Waals surface area (Å²) in [5, 5.41) is 30.1. The Morgan fingerprint density at radius 3 is 2.33 bits per heavy atom. The van der Waals surface area contributed by atoms with Crippen molar-refractivity contribution in [1.29, 1.82) is 0 Å². The van der Waals surface area contributed by atoms with E-state index in [2.05, 4.69) is 21.2 Å². The summed E-state index contributed by atoms with van der Waals surface area (Å²) in [5.41, 5.74) is 0.444. The topological polar surface area (TPSA) is 107 Å². The SMILES string of the molecule is O=C(Nc1ccc(Br)c(C(=O)O)c1)c1ccc(O)c(O)c1. The quantitative estimate of drug-likeness (QED) is 0.636. The molecule has 7 heteroatoms. The molecule has 0 saturated carbocycles. The van der Waals surface area contributed by atoms with Crippen LogP contribution >= 0.6 is 15.9 Å². The van der Waals surface area contributed by atoms with Crippen molar-refractivity contribution in [3.05, 3.63) is 52.0 Å². The van der Waals surface area contributed by atoms with E-state index in [4.69, 9.17) is 5.11 Å². The predicted octanol–water partition coefficient (Wildman–Crippen LogP) is 2.81. The van der Waals surface area contributed by atoms with Gasteiger partial charge in [0.2, 0.25) is 0 Å². The minimum Gasteiger partial charge on any atom is -0.504 e. The van der Waals surface area contributed by atoms with Gasteiger partial charge < -0.3 is 20.6 Å². The van der Waals surface area contributed by atoms with Crippen LogP contribution in [-0.4, -0.2) is 27.2 Å². The number of aromatic carboxylic acids is 1. The maximum Gasteiger partial charge on any atom is 0.336 e. The summed E-state index contributed by atoms with van der Waals surface area (Å²) < 4.78 is 0.398. The van der Waals surface area contributed by atoms with Crippen molar-refractivity contribution in [2.45, 2.75) is 0 Å². The highest BCUT2D eigenvalue weighted by Gasteiger charge is 2.12. The minimum atomic E-state index is -1.12. The highest BCUT2D eigenvalue weighted by Crippen LogP contribution is 2.26. The average molecular weight is 352 g/mol. The van der Waals surface area contributed by atoms with Gasteiger partial charge in [0, 0.05) is 15.7 Å². The molecule has 108 valence electrons. The second-order valence-electron chi connectivity index (χ2n) is 4.16. The van der Waals surface area contributed by atoms with Gasteiger partial charge in [-0.1, -0.05) is 0 Å². The van der Waals surface area contributed by atoms with Crippen LogP contribution < -0.4 is 5.32 Å². The molecule has 0 spiro atoms. The van der Waals surface area contributed by atoms with Crippen molar-refractivity contribution < 1.29 is 24.9 Å². The van der Waals surface area contributed by atoms with Gasteiger partial charge in [-0.25, -0.2) is 4.79 Å². The molecule has 0 aromatic heterocycles. The van der Waals surface area contributed by atoms with E-state index in [1.54, 1.807) is 0 Å². The third kappa shape index (κ3) is 3.32. The van der Waals surface area contributed by atoms with Crippen LogP contribution in [0.2, 0.25) is 0 Å². The first-order chi connectivity index (χ1) is 9.88. The number of rotatable bonds is 3. The van der Waals surface area contributed by atoms with Gasteiger partial charge in [0.1, 0.15) is 0 Å². The Labute approximate surface area is 127 Å². The fourth-order valence-electron chi connectivity index (χ4n) is 1.63. The van der Waals surface area contributed by atoms with Crippen LogP contribution in [0.5, 0.6) is 11.5 Å². The number of hydrogen-bond acceptors (Lipinski definition) is 4. The highest BCUT2D eigenvalue weighted by atomic mass is 79.9. The molecule has 0 aliphatic heterocycles. The van der Waals surface area contributed by atoms with Crippen LogP contribution in [0.3, 0.4) is 0 Å². The van der Waals surface area contributed by atoms with Crippen molar-refractivity contribution in [3.63, 3.8) is 0 Å². The van der Waals surface area contributed by atoms with Gasteiger partial charge in [-0.15, -0.1) is 0 Å². The Kier molecular flexibility index (Phi) is 4.13. The van der Waals surface area contributed by atoms with E-state index in [0.29, 0.717) is 10.2 Å². The number of aromatic hydroxyl groups is 2. The Morgan fingerprint density at radius 2 is 1.71 bits per heavy atom. The van der Waals surface area contributed by atoms with Crippen LogP contribution in [0.25, 0.3) is 0 Å². The fourth-order valence-corrected chi connectivity index (χ4v) is 2.05. The molecule has 0 radical (unpaired) electrons. The maximum absolute atomic E-state index is 12.0. The molecule has 0 fully saturated rings. The van der Waals surface area contributed by atoms with E-state index >= 15 is 0 Å². The van der Waals surface area contributed by atoms with Gasteiger partial charge in [0.05, 0.1) is 5.56 Å². The number of amides is 1. The zero-order valence-corrected chi connectivity index (χ0v) is 12.1. The van der Waals surface area contributed by atoms with Crippen LogP contribution in [-0.2, 0) is 0 Å². The predicted molar refractivity (Wildman–Crippen MR) is 78.8 cm³/mol. The van der Waals surface area contributed by atoms with Crippen molar-refractivity contribution >= 4 is 33.5 Å². The number of anilines is 1. The Morgan fingerprint density at radius 1 is 1.00 bits per heavy atom. The summed E-state index contributed by atoms with van der Waals surface area (Å²) >= 11 is 3.11. The minimum absolute atomic E-state index is 0.0151. The number of benzene rings is 2. The smallest absolute Gasteiger partial charge is 0.336 e. The maximum atomic E-state index is 12.0. The van der Waals surface area contributed by atoms with E-state index in [-0.39, 0.29) is 16.9 Å². The number of phenolic OH excluding ortho intramolecular Hbond substituents is 2. The normalized spacial score (nSPS) is 10.1. The van der Waals surface area contributed by atoms with E-state index in [0.717, 1.165) is 6.07 Å². The van der Waals surface area contributed by atoms with Crippen LogP contribution in [0.1, 0.15) is 20.7 Å². The van der Waals surface area contributed by atoms with Gasteiger partial charge in [0.15, 0.2) is 11.5 Å². The second-order valence-corrected chi connectivity index (χ2v) is 5.01. The monoisotopic (exact) mass is 351 g/mol. The summed E-state index contributed by atoms with van der Waals surface area (Å²) in [4.78, 5) is 23.0. The van der Waals surface area contributed by atoms with Gasteiger partial charge in [0.25, 0.3) is 5.91 Å². The molecule has 0 bridgehead atoms. The molecule has 21 heavy (non-hydrogen) atoms. The number of carbonyl (C=O) groups excluding carboxylic acids is 1. The molecular weight excluding hydrogens is 342 g/mol. The number of carbonyl (C=O) groups is 2. The first-order valence-corrected chi connectivity index (χ1v) is 6.54. The van der Waals surface area contributed by atoms with Crippen LogP contribution in [0, 0.1) is 0 Å². The molecule has 1 amide bonds. The lowest BCUT2D eigenvalue weighted by atomic mass is 10.1. The van der Waals surface area contributed by atoms with E-state index < -0.39 is 17.6 Å². The van der Waals surface area contributed by atoms with Gasteiger partial charge in [-0.3, -0.25) is 4.79 Å². The van der Waals surface area contributed by atoms with Crippen LogP contribution in [0.4, 0.5) is 5.69 Å². The molecule has 0 unspecified atom stereocenters.